The number of anilines is 1. The summed E-state index contributed by atoms with van der Waals surface area (Å²) in [6.07, 6.45) is 0. The highest BCUT2D eigenvalue weighted by atomic mass is 32.2. The fourth-order valence-corrected chi connectivity index (χ4v) is 3.67. The van der Waals surface area contributed by atoms with Gasteiger partial charge in [-0.1, -0.05) is 12.1 Å². The number of nitrogens with zero attached hydrogens (tertiary/aromatic N) is 1. The third-order valence-electron chi connectivity index (χ3n) is 3.63. The summed E-state index contributed by atoms with van der Waals surface area (Å²) in [5.41, 5.74) is 0.495. The largest absolute Gasteiger partial charge is 0.277 e. The molecule has 0 unspecified atom stereocenters. The number of aromatic nitrogens is 2. The molecule has 0 saturated carbocycles. The summed E-state index contributed by atoms with van der Waals surface area (Å²) >= 11 is 0. The van der Waals surface area contributed by atoms with Gasteiger partial charge >= 0.3 is 0 Å². The molecule has 6 nitrogen and oxygen atoms in total. The van der Waals surface area contributed by atoms with Crippen LogP contribution in [0.4, 0.5) is 14.5 Å². The zero-order chi connectivity index (χ0) is 18.9. The number of nitrogens with one attached hydrogen (secondary N) is 2. The highest BCUT2D eigenvalue weighted by Crippen LogP contribution is 2.26. The highest BCUT2D eigenvalue weighted by Gasteiger charge is 2.20. The first kappa shape index (κ1) is 17.7. The van der Waals surface area contributed by atoms with E-state index < -0.39 is 21.7 Å². The second-order valence-corrected chi connectivity index (χ2v) is 7.17. The van der Waals surface area contributed by atoms with Crippen molar-refractivity contribution >= 4 is 15.7 Å². The van der Waals surface area contributed by atoms with Crippen LogP contribution in [0, 0.1) is 18.6 Å². The van der Waals surface area contributed by atoms with Crippen LogP contribution in [-0.2, 0) is 10.0 Å². The van der Waals surface area contributed by atoms with E-state index in [0.717, 1.165) is 12.1 Å². The molecular weight excluding hydrogens is 364 g/mol. The minimum atomic E-state index is -4.13. The zero-order valence-electron chi connectivity index (χ0n) is 13.5. The molecule has 0 spiro atoms. The smallest absolute Gasteiger partial charge is 0.264 e. The van der Waals surface area contributed by atoms with Crippen LogP contribution in [0.2, 0.25) is 0 Å². The molecule has 0 fully saturated rings. The first-order valence-corrected chi connectivity index (χ1v) is 8.89. The lowest BCUT2D eigenvalue weighted by molar-refractivity contribution is 0.582. The summed E-state index contributed by atoms with van der Waals surface area (Å²) in [5.74, 6) is -1.84. The number of aromatic amines is 1. The number of halogens is 2. The van der Waals surface area contributed by atoms with E-state index in [9.17, 15) is 22.0 Å². The van der Waals surface area contributed by atoms with Gasteiger partial charge in [-0.25, -0.2) is 22.3 Å². The Bertz CT molecular complexity index is 1120. The molecule has 0 bridgehead atoms. The van der Waals surface area contributed by atoms with E-state index in [1.807, 2.05) is 0 Å². The second kappa shape index (κ2) is 6.68. The molecule has 0 aliphatic heterocycles. The molecule has 134 valence electrons. The zero-order valence-corrected chi connectivity index (χ0v) is 14.3. The summed E-state index contributed by atoms with van der Waals surface area (Å²) in [7, 11) is -4.13. The van der Waals surface area contributed by atoms with Crippen molar-refractivity contribution in [1.29, 1.82) is 0 Å². The van der Waals surface area contributed by atoms with Crippen LogP contribution in [0.5, 0.6) is 0 Å². The van der Waals surface area contributed by atoms with Crippen LogP contribution in [0.3, 0.4) is 0 Å². The normalized spacial score (nSPS) is 11.3. The molecule has 2 aromatic carbocycles. The summed E-state index contributed by atoms with van der Waals surface area (Å²) in [5, 5.41) is 6.12. The molecule has 0 amide bonds. The first-order valence-electron chi connectivity index (χ1n) is 7.41. The molecule has 1 heterocycles. The Morgan fingerprint density at radius 3 is 2.46 bits per heavy atom. The van der Waals surface area contributed by atoms with Crippen LogP contribution >= 0.6 is 0 Å². The summed E-state index contributed by atoms with van der Waals surface area (Å²) in [6, 6.07) is 9.84. The van der Waals surface area contributed by atoms with Gasteiger partial charge in [0.2, 0.25) is 0 Å². The van der Waals surface area contributed by atoms with Crippen molar-refractivity contribution in [1.82, 2.24) is 10.2 Å². The standard InChI is InChI=1S/C17H13F2N3O3S/c1-10-2-3-11(14-6-7-17(23)21-20-14)8-16(10)26(24,25)22-15-5-4-12(18)9-13(15)19/h2-9,22H,1H3,(H,21,23). The van der Waals surface area contributed by atoms with Gasteiger partial charge in [0.05, 0.1) is 16.3 Å². The quantitative estimate of drug-likeness (QED) is 0.731. The van der Waals surface area contributed by atoms with Crippen molar-refractivity contribution in [3.8, 4) is 11.3 Å². The average Bonchev–Trinajstić information content (AvgIpc) is 2.58. The molecule has 0 aliphatic rings. The Morgan fingerprint density at radius 1 is 1.04 bits per heavy atom. The summed E-state index contributed by atoms with van der Waals surface area (Å²) < 4.78 is 54.2. The van der Waals surface area contributed by atoms with E-state index in [2.05, 4.69) is 14.9 Å². The van der Waals surface area contributed by atoms with Crippen LogP contribution in [-0.4, -0.2) is 18.6 Å². The number of sulfonamides is 1. The molecule has 0 saturated heterocycles. The molecule has 9 heteroatoms. The molecule has 3 aromatic rings. The number of rotatable bonds is 4. The van der Waals surface area contributed by atoms with E-state index in [1.54, 1.807) is 19.1 Å². The van der Waals surface area contributed by atoms with E-state index in [1.165, 1.54) is 18.2 Å². The highest BCUT2D eigenvalue weighted by molar-refractivity contribution is 7.92. The lowest BCUT2D eigenvalue weighted by Gasteiger charge is -2.12. The molecule has 3 rings (SSSR count). The van der Waals surface area contributed by atoms with Crippen LogP contribution in [0.1, 0.15) is 5.56 Å². The molecule has 2 N–H and O–H groups in total. The third kappa shape index (κ3) is 3.62. The van der Waals surface area contributed by atoms with Gasteiger partial charge in [0.15, 0.2) is 0 Å². The third-order valence-corrected chi connectivity index (χ3v) is 5.14. The molecule has 26 heavy (non-hydrogen) atoms. The maximum Gasteiger partial charge on any atom is 0.264 e. The minimum absolute atomic E-state index is 0.0910. The topological polar surface area (TPSA) is 91.9 Å². The number of aryl methyl sites for hydroxylation is 1. The van der Waals surface area contributed by atoms with Crippen molar-refractivity contribution in [2.45, 2.75) is 11.8 Å². The van der Waals surface area contributed by atoms with Crippen LogP contribution in [0.15, 0.2) is 58.2 Å². The number of H-pyrrole nitrogens is 1. The van der Waals surface area contributed by atoms with Crippen LogP contribution in [0.25, 0.3) is 11.3 Å². The second-order valence-electron chi connectivity index (χ2n) is 5.52. The summed E-state index contributed by atoms with van der Waals surface area (Å²) in [4.78, 5) is 11.0. The molecular formula is C17H13F2N3O3S. The fourth-order valence-electron chi connectivity index (χ4n) is 2.33. The van der Waals surface area contributed by atoms with Gasteiger partial charge in [-0.3, -0.25) is 9.52 Å². The van der Waals surface area contributed by atoms with E-state index in [4.69, 9.17) is 0 Å². The van der Waals surface area contributed by atoms with E-state index in [-0.39, 0.29) is 16.1 Å². The molecule has 0 atom stereocenters. The minimum Gasteiger partial charge on any atom is -0.277 e. The lowest BCUT2D eigenvalue weighted by atomic mass is 10.1. The Morgan fingerprint density at radius 2 is 1.81 bits per heavy atom. The van der Waals surface area contributed by atoms with Crippen molar-refractivity contribution in [3.05, 3.63) is 76.1 Å². The Balaban J connectivity index is 2.02. The first-order chi connectivity index (χ1) is 12.3. The predicted molar refractivity (Wildman–Crippen MR) is 92.2 cm³/mol. The van der Waals surface area contributed by atoms with Gasteiger partial charge < -0.3 is 0 Å². The average molecular weight is 377 g/mol. The Kier molecular flexibility index (Phi) is 4.56. The Hall–Kier alpha value is -3.07. The number of hydrogen-bond donors (Lipinski definition) is 2. The Labute approximate surface area is 147 Å². The van der Waals surface area contributed by atoms with Gasteiger partial charge in [0.1, 0.15) is 11.6 Å². The van der Waals surface area contributed by atoms with Crippen molar-refractivity contribution in [3.63, 3.8) is 0 Å². The van der Waals surface area contributed by atoms with Crippen molar-refractivity contribution in [2.75, 3.05) is 4.72 Å². The lowest BCUT2D eigenvalue weighted by Crippen LogP contribution is -2.15. The van der Waals surface area contributed by atoms with E-state index in [0.29, 0.717) is 22.9 Å². The predicted octanol–water partition coefficient (Wildman–Crippen LogP) is 2.82. The van der Waals surface area contributed by atoms with Gasteiger partial charge in [0, 0.05) is 17.7 Å². The molecule has 0 radical (unpaired) electrons. The number of hydrogen-bond acceptors (Lipinski definition) is 4. The van der Waals surface area contributed by atoms with E-state index >= 15 is 0 Å². The van der Waals surface area contributed by atoms with Crippen LogP contribution < -0.4 is 10.3 Å². The maximum absolute atomic E-state index is 13.8. The van der Waals surface area contributed by atoms with Gasteiger partial charge in [-0.15, -0.1) is 0 Å². The monoisotopic (exact) mass is 377 g/mol. The SMILES string of the molecule is Cc1ccc(-c2ccc(=O)[nH]n2)cc1S(=O)(=O)Nc1ccc(F)cc1F. The number of benzene rings is 2. The van der Waals surface area contributed by atoms with Crippen molar-refractivity contribution in [2.24, 2.45) is 0 Å². The molecule has 1 aromatic heterocycles. The maximum atomic E-state index is 13.8. The summed E-state index contributed by atoms with van der Waals surface area (Å²) in [6.45, 7) is 1.58. The van der Waals surface area contributed by atoms with Gasteiger partial charge in [-0.05, 0) is 36.8 Å². The van der Waals surface area contributed by atoms with Gasteiger partial charge in [0.25, 0.3) is 15.6 Å². The molecule has 0 aliphatic carbocycles. The fraction of sp³-hybridized carbons (Fsp3) is 0.0588. The van der Waals surface area contributed by atoms with Gasteiger partial charge in [-0.2, -0.15) is 5.10 Å². The van der Waals surface area contributed by atoms with Crippen molar-refractivity contribution < 1.29 is 17.2 Å².